The van der Waals surface area contributed by atoms with Crippen LogP contribution in [0.25, 0.3) is 0 Å². The molecule has 3 rings (SSSR count). The average Bonchev–Trinajstić information content (AvgIpc) is 2.62. The maximum Gasteiger partial charge on any atom is 0.251 e. The molecule has 1 aromatic carbocycles. The van der Waals surface area contributed by atoms with E-state index in [9.17, 15) is 9.18 Å². The van der Waals surface area contributed by atoms with Crippen molar-refractivity contribution in [2.24, 2.45) is 0 Å². The number of aromatic nitrogens is 2. The monoisotopic (exact) mass is 405 g/mol. The molecule has 1 saturated carbocycles. The lowest BCUT2D eigenvalue weighted by Crippen LogP contribution is -2.40. The van der Waals surface area contributed by atoms with Crippen LogP contribution in [-0.4, -0.2) is 42.1 Å². The standard InChI is InChI=1S/C20H25ClFN5O/c1-12-8-18(27(2)3)26-20(23-12)25-17-6-4-16(5-7-17)24-19(28)13-9-14(21)11-15(22)10-13/h8-11,16-17H,4-7H2,1-3H3,(H,24,28)(H,23,25,26)/t16-,17+. The zero-order chi connectivity index (χ0) is 20.3. The van der Waals surface area contributed by atoms with Crippen molar-refractivity contribution in [1.82, 2.24) is 15.3 Å². The molecule has 1 aliphatic rings. The number of anilines is 2. The second kappa shape index (κ2) is 8.73. The van der Waals surface area contributed by atoms with E-state index in [0.29, 0.717) is 5.95 Å². The molecule has 8 heteroatoms. The van der Waals surface area contributed by atoms with Crippen LogP contribution in [0.4, 0.5) is 16.2 Å². The molecule has 28 heavy (non-hydrogen) atoms. The van der Waals surface area contributed by atoms with Crippen molar-refractivity contribution < 1.29 is 9.18 Å². The van der Waals surface area contributed by atoms with E-state index in [2.05, 4.69) is 20.6 Å². The molecule has 1 heterocycles. The second-order valence-electron chi connectivity index (χ2n) is 7.41. The van der Waals surface area contributed by atoms with Crippen LogP contribution >= 0.6 is 11.6 Å². The minimum atomic E-state index is -0.513. The molecule has 0 spiro atoms. The van der Waals surface area contributed by atoms with Gasteiger partial charge in [-0.2, -0.15) is 4.98 Å². The maximum atomic E-state index is 13.4. The first-order valence-electron chi connectivity index (χ1n) is 9.36. The van der Waals surface area contributed by atoms with E-state index in [0.717, 1.165) is 37.2 Å². The third kappa shape index (κ3) is 5.32. The SMILES string of the molecule is Cc1cc(N(C)C)nc(N[C@H]2CC[C@@H](NC(=O)c3cc(F)cc(Cl)c3)CC2)n1. The molecule has 1 aliphatic carbocycles. The molecule has 1 aromatic heterocycles. The Kier molecular flexibility index (Phi) is 6.34. The predicted molar refractivity (Wildman–Crippen MR) is 110 cm³/mol. The van der Waals surface area contributed by atoms with Crippen LogP contribution in [0.15, 0.2) is 24.3 Å². The molecule has 0 radical (unpaired) electrons. The van der Waals surface area contributed by atoms with Crippen LogP contribution < -0.4 is 15.5 Å². The number of rotatable bonds is 5. The van der Waals surface area contributed by atoms with Gasteiger partial charge in [-0.3, -0.25) is 4.79 Å². The number of aryl methyl sites for hydroxylation is 1. The molecule has 6 nitrogen and oxygen atoms in total. The van der Waals surface area contributed by atoms with Gasteiger partial charge in [-0.05, 0) is 50.8 Å². The number of halogens is 2. The van der Waals surface area contributed by atoms with Gasteiger partial charge in [0, 0.05) is 48.5 Å². The van der Waals surface area contributed by atoms with Crippen LogP contribution in [0.1, 0.15) is 41.7 Å². The Morgan fingerprint density at radius 2 is 1.79 bits per heavy atom. The fraction of sp³-hybridized carbons (Fsp3) is 0.450. The Balaban J connectivity index is 1.54. The van der Waals surface area contributed by atoms with Crippen LogP contribution in [0, 0.1) is 12.7 Å². The molecule has 0 bridgehead atoms. The van der Waals surface area contributed by atoms with Crippen LogP contribution in [0.2, 0.25) is 5.02 Å². The molecule has 0 unspecified atom stereocenters. The number of carbonyl (C=O) groups excluding carboxylic acids is 1. The minimum Gasteiger partial charge on any atom is -0.363 e. The zero-order valence-electron chi connectivity index (χ0n) is 16.3. The number of hydrogen-bond donors (Lipinski definition) is 2. The molecule has 1 amide bonds. The first-order valence-corrected chi connectivity index (χ1v) is 9.74. The normalized spacial score (nSPS) is 19.2. The van der Waals surface area contributed by atoms with E-state index in [-0.39, 0.29) is 28.6 Å². The number of hydrogen-bond acceptors (Lipinski definition) is 5. The summed E-state index contributed by atoms with van der Waals surface area (Å²) in [6, 6.07) is 6.12. The third-order valence-corrected chi connectivity index (χ3v) is 5.04. The van der Waals surface area contributed by atoms with Crippen molar-refractivity contribution in [3.05, 3.63) is 46.4 Å². The highest BCUT2D eigenvalue weighted by molar-refractivity contribution is 6.31. The zero-order valence-corrected chi connectivity index (χ0v) is 17.1. The van der Waals surface area contributed by atoms with Crippen molar-refractivity contribution in [3.8, 4) is 0 Å². The summed E-state index contributed by atoms with van der Waals surface area (Å²) in [6.45, 7) is 1.95. The van der Waals surface area contributed by atoms with Gasteiger partial charge in [-0.1, -0.05) is 11.6 Å². The molecule has 0 aliphatic heterocycles. The Morgan fingerprint density at radius 3 is 2.43 bits per heavy atom. The number of carbonyl (C=O) groups is 1. The van der Waals surface area contributed by atoms with E-state index < -0.39 is 5.82 Å². The summed E-state index contributed by atoms with van der Waals surface area (Å²) in [6.07, 6.45) is 3.45. The van der Waals surface area contributed by atoms with Crippen LogP contribution in [0.3, 0.4) is 0 Å². The Morgan fingerprint density at radius 1 is 1.11 bits per heavy atom. The molecule has 2 aromatic rings. The maximum absolute atomic E-state index is 13.4. The average molecular weight is 406 g/mol. The molecular formula is C20H25ClFN5O. The van der Waals surface area contributed by atoms with Gasteiger partial charge in [0.05, 0.1) is 0 Å². The fourth-order valence-corrected chi connectivity index (χ4v) is 3.59. The van der Waals surface area contributed by atoms with Crippen molar-refractivity contribution in [1.29, 1.82) is 0 Å². The summed E-state index contributed by atoms with van der Waals surface area (Å²) in [5.74, 6) is 0.687. The van der Waals surface area contributed by atoms with Crippen LogP contribution in [0.5, 0.6) is 0 Å². The van der Waals surface area contributed by atoms with Crippen molar-refractivity contribution >= 4 is 29.3 Å². The third-order valence-electron chi connectivity index (χ3n) is 4.82. The van der Waals surface area contributed by atoms with E-state index in [1.54, 1.807) is 0 Å². The molecule has 150 valence electrons. The summed E-state index contributed by atoms with van der Waals surface area (Å²) < 4.78 is 13.4. The quantitative estimate of drug-likeness (QED) is 0.791. The van der Waals surface area contributed by atoms with Gasteiger partial charge in [-0.15, -0.1) is 0 Å². The van der Waals surface area contributed by atoms with E-state index in [1.165, 1.54) is 18.2 Å². The van der Waals surface area contributed by atoms with E-state index in [1.807, 2.05) is 32.0 Å². The summed E-state index contributed by atoms with van der Waals surface area (Å²) >= 11 is 5.83. The molecule has 0 atom stereocenters. The first kappa shape index (κ1) is 20.3. The smallest absolute Gasteiger partial charge is 0.251 e. The highest BCUT2D eigenvalue weighted by Crippen LogP contribution is 2.23. The Bertz CT molecular complexity index is 832. The number of amides is 1. The lowest BCUT2D eigenvalue weighted by Gasteiger charge is -2.30. The summed E-state index contributed by atoms with van der Waals surface area (Å²) in [4.78, 5) is 23.3. The molecular weight excluding hydrogens is 381 g/mol. The largest absolute Gasteiger partial charge is 0.363 e. The van der Waals surface area contributed by atoms with Gasteiger partial charge in [0.2, 0.25) is 5.95 Å². The number of nitrogens with one attached hydrogen (secondary N) is 2. The minimum absolute atomic E-state index is 0.0587. The van der Waals surface area contributed by atoms with Crippen LogP contribution in [-0.2, 0) is 0 Å². The molecule has 1 fully saturated rings. The van der Waals surface area contributed by atoms with Gasteiger partial charge in [0.25, 0.3) is 5.91 Å². The summed E-state index contributed by atoms with van der Waals surface area (Å²) in [5.41, 5.74) is 1.16. The van der Waals surface area contributed by atoms with E-state index in [4.69, 9.17) is 11.6 Å². The van der Waals surface area contributed by atoms with Gasteiger partial charge >= 0.3 is 0 Å². The first-order chi connectivity index (χ1) is 13.3. The molecule has 0 saturated heterocycles. The second-order valence-corrected chi connectivity index (χ2v) is 7.85. The number of nitrogens with zero attached hydrogens (tertiary/aromatic N) is 3. The van der Waals surface area contributed by atoms with Gasteiger partial charge in [-0.25, -0.2) is 9.37 Å². The van der Waals surface area contributed by atoms with Gasteiger partial charge < -0.3 is 15.5 Å². The predicted octanol–water partition coefficient (Wildman–Crippen LogP) is 3.80. The molecule has 2 N–H and O–H groups in total. The van der Waals surface area contributed by atoms with Gasteiger partial charge in [0.1, 0.15) is 11.6 Å². The van der Waals surface area contributed by atoms with Gasteiger partial charge in [0.15, 0.2) is 0 Å². The highest BCUT2D eigenvalue weighted by Gasteiger charge is 2.23. The topological polar surface area (TPSA) is 70.2 Å². The Hall–Kier alpha value is -2.41. The lowest BCUT2D eigenvalue weighted by molar-refractivity contribution is 0.0926. The van der Waals surface area contributed by atoms with E-state index >= 15 is 0 Å². The van der Waals surface area contributed by atoms with Crippen molar-refractivity contribution in [2.75, 3.05) is 24.3 Å². The van der Waals surface area contributed by atoms with Crippen molar-refractivity contribution in [2.45, 2.75) is 44.7 Å². The summed E-state index contributed by atoms with van der Waals surface area (Å²) in [7, 11) is 3.90. The Labute approximate surface area is 169 Å². The summed E-state index contributed by atoms with van der Waals surface area (Å²) in [5, 5.41) is 6.60. The lowest BCUT2D eigenvalue weighted by atomic mass is 9.91. The fourth-order valence-electron chi connectivity index (χ4n) is 3.36. The highest BCUT2D eigenvalue weighted by atomic mass is 35.5. The van der Waals surface area contributed by atoms with Crippen molar-refractivity contribution in [3.63, 3.8) is 0 Å². The number of benzene rings is 1.